The summed E-state index contributed by atoms with van der Waals surface area (Å²) in [4.78, 5) is 10.5. The molecule has 0 bridgehead atoms. The van der Waals surface area contributed by atoms with Gasteiger partial charge in [-0.25, -0.2) is 0 Å². The standard InChI is InChI=1S/C11H22O2/c1-4-5-6-7-8-10(2)9-13-11(3)12/h10H,4-9H2,1-3H3. The minimum absolute atomic E-state index is 0.166. The summed E-state index contributed by atoms with van der Waals surface area (Å²) in [6.07, 6.45) is 6.34. The third kappa shape index (κ3) is 9.38. The third-order valence-corrected chi connectivity index (χ3v) is 2.12. The van der Waals surface area contributed by atoms with Crippen molar-refractivity contribution in [3.05, 3.63) is 0 Å². The Labute approximate surface area is 81.7 Å². The number of rotatable bonds is 7. The summed E-state index contributed by atoms with van der Waals surface area (Å²) in [5.41, 5.74) is 0. The first-order valence-corrected chi connectivity index (χ1v) is 5.30. The van der Waals surface area contributed by atoms with Gasteiger partial charge in [0.1, 0.15) is 0 Å². The Balaban J connectivity index is 3.19. The Morgan fingerprint density at radius 1 is 1.31 bits per heavy atom. The van der Waals surface area contributed by atoms with Crippen LogP contribution in [0.25, 0.3) is 0 Å². The molecule has 78 valence electrons. The Kier molecular flexibility index (Phi) is 7.76. The maximum Gasteiger partial charge on any atom is 0.302 e. The van der Waals surface area contributed by atoms with Gasteiger partial charge in [0, 0.05) is 6.92 Å². The lowest BCUT2D eigenvalue weighted by Crippen LogP contribution is -2.09. The zero-order valence-corrected chi connectivity index (χ0v) is 9.14. The lowest BCUT2D eigenvalue weighted by Gasteiger charge is -2.10. The highest BCUT2D eigenvalue weighted by Crippen LogP contribution is 2.10. The smallest absolute Gasteiger partial charge is 0.302 e. The van der Waals surface area contributed by atoms with E-state index in [2.05, 4.69) is 13.8 Å². The lowest BCUT2D eigenvalue weighted by molar-refractivity contribution is -0.142. The highest BCUT2D eigenvalue weighted by Gasteiger charge is 2.03. The molecule has 0 aromatic heterocycles. The molecule has 0 rings (SSSR count). The second kappa shape index (κ2) is 8.09. The van der Waals surface area contributed by atoms with Gasteiger partial charge in [-0.15, -0.1) is 0 Å². The van der Waals surface area contributed by atoms with E-state index in [-0.39, 0.29) is 5.97 Å². The minimum Gasteiger partial charge on any atom is -0.466 e. The molecule has 0 aliphatic heterocycles. The van der Waals surface area contributed by atoms with E-state index in [1.165, 1.54) is 39.0 Å². The largest absolute Gasteiger partial charge is 0.466 e. The fourth-order valence-corrected chi connectivity index (χ4v) is 1.26. The van der Waals surface area contributed by atoms with E-state index in [0.717, 1.165) is 0 Å². The van der Waals surface area contributed by atoms with E-state index in [1.54, 1.807) is 0 Å². The van der Waals surface area contributed by atoms with Crippen LogP contribution >= 0.6 is 0 Å². The van der Waals surface area contributed by atoms with E-state index >= 15 is 0 Å². The van der Waals surface area contributed by atoms with Crippen molar-refractivity contribution in [3.63, 3.8) is 0 Å². The molecule has 2 heteroatoms. The van der Waals surface area contributed by atoms with Crippen LogP contribution < -0.4 is 0 Å². The Hall–Kier alpha value is -0.530. The quantitative estimate of drug-likeness (QED) is 0.451. The zero-order valence-electron chi connectivity index (χ0n) is 9.14. The van der Waals surface area contributed by atoms with Crippen LogP contribution in [-0.4, -0.2) is 12.6 Å². The molecular weight excluding hydrogens is 164 g/mol. The number of carbonyl (C=O) groups excluding carboxylic acids is 1. The molecule has 0 aliphatic carbocycles. The highest BCUT2D eigenvalue weighted by atomic mass is 16.5. The van der Waals surface area contributed by atoms with E-state index in [4.69, 9.17) is 4.74 Å². The topological polar surface area (TPSA) is 26.3 Å². The van der Waals surface area contributed by atoms with Crippen molar-refractivity contribution in [2.24, 2.45) is 5.92 Å². The van der Waals surface area contributed by atoms with Crippen LogP contribution in [0, 0.1) is 5.92 Å². The van der Waals surface area contributed by atoms with Crippen LogP contribution in [0.15, 0.2) is 0 Å². The summed E-state index contributed by atoms with van der Waals surface area (Å²) >= 11 is 0. The molecule has 0 amide bonds. The first kappa shape index (κ1) is 12.5. The van der Waals surface area contributed by atoms with Crippen molar-refractivity contribution in [2.75, 3.05) is 6.61 Å². The van der Waals surface area contributed by atoms with Gasteiger partial charge in [0.15, 0.2) is 0 Å². The van der Waals surface area contributed by atoms with Crippen LogP contribution in [-0.2, 0) is 9.53 Å². The number of carbonyl (C=O) groups is 1. The maximum absolute atomic E-state index is 10.5. The van der Waals surface area contributed by atoms with Crippen LogP contribution in [0.4, 0.5) is 0 Å². The van der Waals surface area contributed by atoms with E-state index in [1.807, 2.05) is 0 Å². The summed E-state index contributed by atoms with van der Waals surface area (Å²) in [5.74, 6) is 0.348. The predicted molar refractivity (Wildman–Crippen MR) is 54.6 cm³/mol. The van der Waals surface area contributed by atoms with E-state index in [9.17, 15) is 4.79 Å². The Morgan fingerprint density at radius 3 is 2.54 bits per heavy atom. The second-order valence-corrected chi connectivity index (χ2v) is 3.76. The first-order chi connectivity index (χ1) is 6.16. The minimum atomic E-state index is -0.166. The predicted octanol–water partition coefficient (Wildman–Crippen LogP) is 3.16. The monoisotopic (exact) mass is 186 g/mol. The second-order valence-electron chi connectivity index (χ2n) is 3.76. The third-order valence-electron chi connectivity index (χ3n) is 2.12. The summed E-state index contributed by atoms with van der Waals surface area (Å²) in [7, 11) is 0. The number of unbranched alkanes of at least 4 members (excludes halogenated alkanes) is 3. The van der Waals surface area contributed by atoms with Gasteiger partial charge in [-0.3, -0.25) is 4.79 Å². The molecule has 2 nitrogen and oxygen atoms in total. The van der Waals surface area contributed by atoms with Gasteiger partial charge in [-0.05, 0) is 12.3 Å². The van der Waals surface area contributed by atoms with Crippen molar-refractivity contribution in [1.29, 1.82) is 0 Å². The van der Waals surface area contributed by atoms with Crippen LogP contribution in [0.2, 0.25) is 0 Å². The molecule has 1 atom stereocenters. The van der Waals surface area contributed by atoms with Gasteiger partial charge in [0.25, 0.3) is 0 Å². The number of ether oxygens (including phenoxy) is 1. The van der Waals surface area contributed by atoms with Crippen LogP contribution in [0.1, 0.15) is 52.9 Å². The first-order valence-electron chi connectivity index (χ1n) is 5.30. The lowest BCUT2D eigenvalue weighted by atomic mass is 10.0. The molecule has 0 saturated heterocycles. The van der Waals surface area contributed by atoms with Crippen molar-refractivity contribution >= 4 is 5.97 Å². The number of hydrogen-bond acceptors (Lipinski definition) is 2. The molecule has 0 spiro atoms. The van der Waals surface area contributed by atoms with Gasteiger partial charge < -0.3 is 4.74 Å². The van der Waals surface area contributed by atoms with Crippen molar-refractivity contribution in [1.82, 2.24) is 0 Å². The zero-order chi connectivity index (χ0) is 10.1. The van der Waals surface area contributed by atoms with E-state index in [0.29, 0.717) is 12.5 Å². The average molecular weight is 186 g/mol. The molecule has 0 heterocycles. The van der Waals surface area contributed by atoms with Crippen molar-refractivity contribution in [3.8, 4) is 0 Å². The normalized spacial score (nSPS) is 12.5. The average Bonchev–Trinajstić information content (AvgIpc) is 2.09. The number of esters is 1. The summed E-state index contributed by atoms with van der Waals surface area (Å²) in [6, 6.07) is 0. The molecule has 0 fully saturated rings. The molecule has 13 heavy (non-hydrogen) atoms. The molecular formula is C11H22O2. The summed E-state index contributed by atoms with van der Waals surface area (Å²) < 4.78 is 4.92. The summed E-state index contributed by atoms with van der Waals surface area (Å²) in [5, 5.41) is 0. The molecule has 1 unspecified atom stereocenters. The fraction of sp³-hybridized carbons (Fsp3) is 0.909. The van der Waals surface area contributed by atoms with Gasteiger partial charge >= 0.3 is 5.97 Å². The van der Waals surface area contributed by atoms with Gasteiger partial charge in [-0.1, -0.05) is 39.5 Å². The Morgan fingerprint density at radius 2 is 2.00 bits per heavy atom. The van der Waals surface area contributed by atoms with Gasteiger partial charge in [-0.2, -0.15) is 0 Å². The SMILES string of the molecule is CCCCCCC(C)COC(C)=O. The molecule has 0 aliphatic rings. The summed E-state index contributed by atoms with van der Waals surface area (Å²) in [6.45, 7) is 6.39. The molecule has 0 saturated carbocycles. The van der Waals surface area contributed by atoms with Gasteiger partial charge in [0.05, 0.1) is 6.61 Å². The van der Waals surface area contributed by atoms with Crippen molar-refractivity contribution in [2.45, 2.75) is 52.9 Å². The maximum atomic E-state index is 10.5. The fourth-order valence-electron chi connectivity index (χ4n) is 1.26. The molecule has 0 aromatic rings. The van der Waals surface area contributed by atoms with Crippen LogP contribution in [0.5, 0.6) is 0 Å². The number of hydrogen-bond donors (Lipinski definition) is 0. The highest BCUT2D eigenvalue weighted by molar-refractivity contribution is 5.65. The molecule has 0 aromatic carbocycles. The van der Waals surface area contributed by atoms with Gasteiger partial charge in [0.2, 0.25) is 0 Å². The van der Waals surface area contributed by atoms with E-state index < -0.39 is 0 Å². The van der Waals surface area contributed by atoms with Crippen LogP contribution in [0.3, 0.4) is 0 Å². The molecule has 0 N–H and O–H groups in total. The Bertz CT molecular complexity index is 132. The molecule has 0 radical (unpaired) electrons. The van der Waals surface area contributed by atoms with Crippen molar-refractivity contribution < 1.29 is 9.53 Å².